The molecule has 4 fully saturated rings. The normalized spacial score (nSPS) is 46.5. The van der Waals surface area contributed by atoms with Gasteiger partial charge < -0.3 is 4.74 Å². The largest absolute Gasteiger partial charge is 0.365 e. The number of Topliss-reactive ketones (excluding diaryl/α,β-unsaturated/α-hetero) is 1. The van der Waals surface area contributed by atoms with Crippen LogP contribution in [-0.4, -0.2) is 23.8 Å². The number of ether oxygens (including phenoxy) is 1. The first-order valence-electron chi connectivity index (χ1n) is 13.1. The van der Waals surface area contributed by atoms with Gasteiger partial charge in [-0.05, 0) is 96.5 Å². The Balaban J connectivity index is 1.33. The van der Waals surface area contributed by atoms with Crippen molar-refractivity contribution in [3.8, 4) is 0 Å². The van der Waals surface area contributed by atoms with Gasteiger partial charge in [-0.1, -0.05) is 34.6 Å². The predicted molar refractivity (Wildman–Crippen MR) is 122 cm³/mol. The monoisotopic (exact) mass is 426 g/mol. The van der Waals surface area contributed by atoms with E-state index in [1.165, 1.54) is 31.3 Å². The summed E-state index contributed by atoms with van der Waals surface area (Å²) in [5.74, 6) is 4.68. The predicted octanol–water partition coefficient (Wildman–Crippen LogP) is 6.15. The molecule has 5 rings (SSSR count). The van der Waals surface area contributed by atoms with Gasteiger partial charge in [-0.3, -0.25) is 9.59 Å². The molecule has 0 spiro atoms. The SMILES string of the molecule is CC(C)CC(=O)CCC(C)C1CCC2C3C4OC4C4=CC(=O)CCC4(C)C3CCC12C. The summed E-state index contributed by atoms with van der Waals surface area (Å²) in [4.78, 5) is 24.5. The molecule has 9 unspecified atom stereocenters. The van der Waals surface area contributed by atoms with Gasteiger partial charge in [0.1, 0.15) is 11.9 Å². The lowest BCUT2D eigenvalue weighted by Gasteiger charge is -2.57. The van der Waals surface area contributed by atoms with Crippen LogP contribution in [0.5, 0.6) is 0 Å². The fraction of sp³-hybridized carbons (Fsp3) is 0.857. The Morgan fingerprint density at radius 1 is 1.13 bits per heavy atom. The van der Waals surface area contributed by atoms with Crippen LogP contribution in [0.1, 0.15) is 92.4 Å². The van der Waals surface area contributed by atoms with E-state index >= 15 is 0 Å². The first-order valence-corrected chi connectivity index (χ1v) is 13.1. The van der Waals surface area contributed by atoms with Gasteiger partial charge in [0, 0.05) is 19.3 Å². The molecule has 3 saturated carbocycles. The average Bonchev–Trinajstić information content (AvgIpc) is 3.41. The summed E-state index contributed by atoms with van der Waals surface area (Å²) < 4.78 is 6.33. The molecule has 4 aliphatic carbocycles. The van der Waals surface area contributed by atoms with E-state index < -0.39 is 0 Å². The first kappa shape index (κ1) is 21.9. The third-order valence-corrected chi connectivity index (χ3v) is 10.5. The lowest BCUT2D eigenvalue weighted by Crippen LogP contribution is -2.53. The zero-order valence-electron chi connectivity index (χ0n) is 20.3. The lowest BCUT2D eigenvalue weighted by molar-refractivity contribution is -0.120. The van der Waals surface area contributed by atoms with Crippen LogP contribution in [0.25, 0.3) is 0 Å². The van der Waals surface area contributed by atoms with E-state index in [2.05, 4.69) is 34.6 Å². The molecule has 0 N–H and O–H groups in total. The quantitative estimate of drug-likeness (QED) is 0.478. The summed E-state index contributed by atoms with van der Waals surface area (Å²) in [5, 5.41) is 0. The number of carbonyl (C=O) groups is 2. The van der Waals surface area contributed by atoms with Gasteiger partial charge in [-0.25, -0.2) is 0 Å². The summed E-state index contributed by atoms with van der Waals surface area (Å²) in [6.45, 7) is 11.7. The molecule has 0 aromatic rings. The van der Waals surface area contributed by atoms with E-state index in [-0.39, 0.29) is 11.5 Å². The number of hydrogen-bond donors (Lipinski definition) is 0. The molecule has 0 radical (unpaired) electrons. The molecular weight excluding hydrogens is 384 g/mol. The van der Waals surface area contributed by atoms with Crippen LogP contribution >= 0.6 is 0 Å². The number of ketones is 2. The van der Waals surface area contributed by atoms with Crippen LogP contribution in [0.2, 0.25) is 0 Å². The Hall–Kier alpha value is -0.960. The van der Waals surface area contributed by atoms with Crippen molar-refractivity contribution in [3.63, 3.8) is 0 Å². The zero-order chi connectivity index (χ0) is 22.1. The fourth-order valence-corrected chi connectivity index (χ4v) is 8.93. The summed E-state index contributed by atoms with van der Waals surface area (Å²) in [7, 11) is 0. The van der Waals surface area contributed by atoms with Crippen LogP contribution in [0, 0.1) is 46.3 Å². The first-order chi connectivity index (χ1) is 14.6. The van der Waals surface area contributed by atoms with Gasteiger partial charge in [-0.2, -0.15) is 0 Å². The molecule has 1 heterocycles. The highest BCUT2D eigenvalue weighted by Gasteiger charge is 2.69. The Morgan fingerprint density at radius 3 is 2.65 bits per heavy atom. The second kappa shape index (κ2) is 7.54. The molecule has 3 nitrogen and oxygen atoms in total. The molecule has 0 aromatic carbocycles. The number of epoxide rings is 1. The Kier molecular flexibility index (Phi) is 5.32. The van der Waals surface area contributed by atoms with E-state index in [1.807, 2.05) is 6.08 Å². The van der Waals surface area contributed by atoms with Gasteiger partial charge in [0.25, 0.3) is 0 Å². The Morgan fingerprint density at radius 2 is 1.90 bits per heavy atom. The molecule has 172 valence electrons. The van der Waals surface area contributed by atoms with Gasteiger partial charge >= 0.3 is 0 Å². The molecule has 5 aliphatic rings. The van der Waals surface area contributed by atoms with Crippen LogP contribution in [0.4, 0.5) is 0 Å². The van der Waals surface area contributed by atoms with Crippen molar-refractivity contribution in [1.82, 2.24) is 0 Å². The second-order valence-corrected chi connectivity index (χ2v) is 12.7. The van der Waals surface area contributed by atoms with Crippen molar-refractivity contribution in [2.24, 2.45) is 46.3 Å². The summed E-state index contributed by atoms with van der Waals surface area (Å²) >= 11 is 0. The number of hydrogen-bond acceptors (Lipinski definition) is 3. The van der Waals surface area contributed by atoms with Gasteiger partial charge in [0.2, 0.25) is 0 Å². The molecule has 9 atom stereocenters. The minimum Gasteiger partial charge on any atom is -0.365 e. The third kappa shape index (κ3) is 3.40. The summed E-state index contributed by atoms with van der Waals surface area (Å²) in [6, 6.07) is 0. The van der Waals surface area contributed by atoms with Crippen molar-refractivity contribution in [3.05, 3.63) is 11.6 Å². The minimum atomic E-state index is 0.171. The maximum absolute atomic E-state index is 12.3. The lowest BCUT2D eigenvalue weighted by atomic mass is 9.46. The zero-order valence-corrected chi connectivity index (χ0v) is 20.3. The number of carbonyl (C=O) groups excluding carboxylic acids is 2. The van der Waals surface area contributed by atoms with E-state index in [0.29, 0.717) is 53.2 Å². The van der Waals surface area contributed by atoms with Crippen LogP contribution in [0.15, 0.2) is 11.6 Å². The second-order valence-electron chi connectivity index (χ2n) is 12.7. The standard InChI is InChI=1S/C28H42O3/c1-16(2)14-18(29)7-6-17(3)20-8-9-21-24-22(11-13-27(20,21)4)28(5)12-10-19(30)15-23(28)25-26(24)31-25/h15-17,20-22,24-26H,6-14H2,1-5H3. The van der Waals surface area contributed by atoms with Crippen molar-refractivity contribution in [2.45, 2.75) is 105 Å². The fourth-order valence-electron chi connectivity index (χ4n) is 8.93. The minimum absolute atomic E-state index is 0.171. The van der Waals surface area contributed by atoms with Gasteiger partial charge in [0.05, 0.1) is 6.10 Å². The molecule has 0 amide bonds. The maximum atomic E-state index is 12.3. The molecule has 1 saturated heterocycles. The topological polar surface area (TPSA) is 46.7 Å². The molecule has 3 heteroatoms. The number of rotatable bonds is 6. The molecule has 1 aliphatic heterocycles. The molecule has 0 bridgehead atoms. The highest BCUT2D eigenvalue weighted by atomic mass is 16.6. The van der Waals surface area contributed by atoms with Crippen LogP contribution in [0.3, 0.4) is 0 Å². The van der Waals surface area contributed by atoms with Crippen molar-refractivity contribution in [2.75, 3.05) is 0 Å². The third-order valence-electron chi connectivity index (χ3n) is 10.5. The maximum Gasteiger partial charge on any atom is 0.155 e. The van der Waals surface area contributed by atoms with Crippen molar-refractivity contribution in [1.29, 1.82) is 0 Å². The Bertz CT molecular complexity index is 796. The Labute approximate surface area is 188 Å². The highest BCUT2D eigenvalue weighted by molar-refractivity contribution is 5.92. The molecule has 31 heavy (non-hydrogen) atoms. The molecular formula is C28H42O3. The smallest absolute Gasteiger partial charge is 0.155 e. The average molecular weight is 427 g/mol. The summed E-state index contributed by atoms with van der Waals surface area (Å²) in [6.07, 6.45) is 12.1. The molecule has 0 aromatic heterocycles. The van der Waals surface area contributed by atoms with E-state index in [4.69, 9.17) is 4.74 Å². The van der Waals surface area contributed by atoms with Crippen molar-refractivity contribution >= 4 is 11.6 Å². The highest BCUT2D eigenvalue weighted by Crippen LogP contribution is 2.70. The van der Waals surface area contributed by atoms with Crippen molar-refractivity contribution < 1.29 is 14.3 Å². The van der Waals surface area contributed by atoms with E-state index in [1.54, 1.807) is 0 Å². The summed E-state index contributed by atoms with van der Waals surface area (Å²) in [5.41, 5.74) is 1.90. The van der Waals surface area contributed by atoms with E-state index in [0.717, 1.165) is 37.5 Å². The number of fused-ring (bicyclic) bond motifs is 8. The van der Waals surface area contributed by atoms with Gasteiger partial charge in [0.15, 0.2) is 5.78 Å². The van der Waals surface area contributed by atoms with E-state index in [9.17, 15) is 9.59 Å². The van der Waals surface area contributed by atoms with Crippen LogP contribution < -0.4 is 0 Å². The van der Waals surface area contributed by atoms with Crippen LogP contribution in [-0.2, 0) is 14.3 Å². The van der Waals surface area contributed by atoms with Gasteiger partial charge in [-0.15, -0.1) is 0 Å².